The molecule has 0 aromatic heterocycles. The molecule has 3 rings (SSSR count). The van der Waals surface area contributed by atoms with Crippen molar-refractivity contribution in [3.05, 3.63) is 33.8 Å². The lowest BCUT2D eigenvalue weighted by Gasteiger charge is -2.35. The Morgan fingerprint density at radius 1 is 1.12 bits per heavy atom. The molecule has 1 atom stereocenters. The fourth-order valence-corrected chi connectivity index (χ4v) is 3.75. The molecular formula is C17H21Cl2N3O2. The van der Waals surface area contributed by atoms with Crippen LogP contribution in [0, 0.1) is 0 Å². The molecule has 2 aliphatic rings. The van der Waals surface area contributed by atoms with Gasteiger partial charge in [-0.15, -0.1) is 0 Å². The minimum absolute atomic E-state index is 0.110. The molecule has 1 unspecified atom stereocenters. The summed E-state index contributed by atoms with van der Waals surface area (Å²) in [6.07, 6.45) is 2.76. The van der Waals surface area contributed by atoms with Crippen molar-refractivity contribution in [2.45, 2.75) is 25.3 Å². The van der Waals surface area contributed by atoms with E-state index in [9.17, 15) is 9.59 Å². The van der Waals surface area contributed by atoms with Crippen molar-refractivity contribution < 1.29 is 9.59 Å². The van der Waals surface area contributed by atoms with Crippen LogP contribution in [0.2, 0.25) is 10.0 Å². The highest BCUT2D eigenvalue weighted by Gasteiger charge is 2.27. The van der Waals surface area contributed by atoms with Gasteiger partial charge < -0.3 is 15.1 Å². The van der Waals surface area contributed by atoms with E-state index in [1.165, 1.54) is 0 Å². The number of hydrogen-bond acceptors (Lipinski definition) is 3. The highest BCUT2D eigenvalue weighted by Crippen LogP contribution is 2.23. The van der Waals surface area contributed by atoms with Gasteiger partial charge in [0, 0.05) is 43.7 Å². The number of hydrogen-bond donors (Lipinski definition) is 1. The third kappa shape index (κ3) is 4.02. The van der Waals surface area contributed by atoms with Crippen LogP contribution in [-0.4, -0.2) is 60.4 Å². The summed E-state index contributed by atoms with van der Waals surface area (Å²) in [5.74, 6) is 0.0623. The first-order valence-corrected chi connectivity index (χ1v) is 9.05. The normalized spacial score (nSPS) is 21.2. The highest BCUT2D eigenvalue weighted by molar-refractivity contribution is 6.36. The minimum Gasteiger partial charge on any atom is -0.339 e. The molecule has 1 N–H and O–H groups in total. The van der Waals surface area contributed by atoms with Crippen molar-refractivity contribution in [3.8, 4) is 0 Å². The van der Waals surface area contributed by atoms with Crippen LogP contribution in [0.4, 0.5) is 0 Å². The lowest BCUT2D eigenvalue weighted by atomic mass is 10.1. The smallest absolute Gasteiger partial charge is 0.255 e. The van der Waals surface area contributed by atoms with Gasteiger partial charge in [-0.2, -0.15) is 0 Å². The Hall–Kier alpha value is -1.30. The first-order valence-electron chi connectivity index (χ1n) is 8.30. The van der Waals surface area contributed by atoms with E-state index in [2.05, 4.69) is 5.32 Å². The van der Waals surface area contributed by atoms with Crippen LogP contribution in [0.3, 0.4) is 0 Å². The van der Waals surface area contributed by atoms with Crippen LogP contribution in [-0.2, 0) is 4.79 Å². The average molecular weight is 370 g/mol. The summed E-state index contributed by atoms with van der Waals surface area (Å²) >= 11 is 12.0. The van der Waals surface area contributed by atoms with Crippen molar-refractivity contribution in [3.63, 3.8) is 0 Å². The second-order valence-corrected chi connectivity index (χ2v) is 7.14. The van der Waals surface area contributed by atoms with E-state index in [1.54, 1.807) is 23.1 Å². The van der Waals surface area contributed by atoms with Crippen molar-refractivity contribution in [1.82, 2.24) is 15.1 Å². The number of benzene rings is 1. The maximum absolute atomic E-state index is 12.6. The third-order valence-corrected chi connectivity index (χ3v) is 5.21. The van der Waals surface area contributed by atoms with Gasteiger partial charge in [0.1, 0.15) is 0 Å². The molecule has 0 radical (unpaired) electrons. The highest BCUT2D eigenvalue weighted by atomic mass is 35.5. The fourth-order valence-electron chi connectivity index (χ4n) is 3.26. The van der Waals surface area contributed by atoms with Crippen molar-refractivity contribution >= 4 is 35.0 Å². The lowest BCUT2D eigenvalue weighted by Crippen LogP contribution is -2.51. The van der Waals surface area contributed by atoms with E-state index < -0.39 is 0 Å². The zero-order valence-corrected chi connectivity index (χ0v) is 14.9. The minimum atomic E-state index is -0.110. The Labute approximate surface area is 151 Å². The van der Waals surface area contributed by atoms with Crippen LogP contribution in [0.5, 0.6) is 0 Å². The summed E-state index contributed by atoms with van der Waals surface area (Å²) in [4.78, 5) is 28.5. The molecule has 2 saturated heterocycles. The molecule has 24 heavy (non-hydrogen) atoms. The summed E-state index contributed by atoms with van der Waals surface area (Å²) < 4.78 is 0. The van der Waals surface area contributed by atoms with Gasteiger partial charge in [-0.1, -0.05) is 23.2 Å². The van der Waals surface area contributed by atoms with Gasteiger partial charge in [-0.25, -0.2) is 0 Å². The van der Waals surface area contributed by atoms with Crippen molar-refractivity contribution in [2.75, 3.05) is 32.7 Å². The molecule has 2 heterocycles. The van der Waals surface area contributed by atoms with E-state index in [-0.39, 0.29) is 11.8 Å². The van der Waals surface area contributed by atoms with Crippen LogP contribution in [0.15, 0.2) is 18.2 Å². The number of carbonyl (C=O) groups is 2. The molecule has 5 nitrogen and oxygen atoms in total. The van der Waals surface area contributed by atoms with E-state index in [4.69, 9.17) is 23.2 Å². The molecule has 0 spiro atoms. The van der Waals surface area contributed by atoms with Crippen LogP contribution in [0.1, 0.15) is 29.6 Å². The summed E-state index contributed by atoms with van der Waals surface area (Å²) in [6, 6.07) is 5.20. The summed E-state index contributed by atoms with van der Waals surface area (Å²) in [6.45, 7) is 3.20. The average Bonchev–Trinajstić information content (AvgIpc) is 3.07. The SMILES string of the molecule is O=C(CC1CCCN1)N1CCN(C(=O)c2ccc(Cl)cc2Cl)CC1. The van der Waals surface area contributed by atoms with Crippen LogP contribution >= 0.6 is 23.2 Å². The van der Waals surface area contributed by atoms with E-state index in [1.807, 2.05) is 4.90 Å². The van der Waals surface area contributed by atoms with Gasteiger partial charge >= 0.3 is 0 Å². The lowest BCUT2D eigenvalue weighted by molar-refractivity contribution is -0.133. The molecule has 1 aromatic carbocycles. The Bertz CT molecular complexity index is 624. The zero-order valence-electron chi connectivity index (χ0n) is 13.4. The Morgan fingerprint density at radius 3 is 2.46 bits per heavy atom. The quantitative estimate of drug-likeness (QED) is 0.889. The third-order valence-electron chi connectivity index (χ3n) is 4.66. The van der Waals surface area contributed by atoms with E-state index >= 15 is 0 Å². The first-order chi connectivity index (χ1) is 11.5. The summed E-state index contributed by atoms with van der Waals surface area (Å²) in [7, 11) is 0. The number of amides is 2. The summed E-state index contributed by atoms with van der Waals surface area (Å²) in [5, 5.41) is 4.21. The Morgan fingerprint density at radius 2 is 1.83 bits per heavy atom. The predicted octanol–water partition coefficient (Wildman–Crippen LogP) is 2.42. The number of nitrogens with one attached hydrogen (secondary N) is 1. The standard InChI is InChI=1S/C17H21Cl2N3O2/c18-12-3-4-14(15(19)10-12)17(24)22-8-6-21(7-9-22)16(23)11-13-2-1-5-20-13/h3-4,10,13,20H,1-2,5-9,11H2. The van der Waals surface area contributed by atoms with Gasteiger partial charge in [0.05, 0.1) is 10.6 Å². The number of halogens is 2. The van der Waals surface area contributed by atoms with Gasteiger partial charge in [0.2, 0.25) is 5.91 Å². The monoisotopic (exact) mass is 369 g/mol. The van der Waals surface area contributed by atoms with Gasteiger partial charge in [-0.3, -0.25) is 9.59 Å². The van der Waals surface area contributed by atoms with Crippen molar-refractivity contribution in [2.24, 2.45) is 0 Å². The van der Waals surface area contributed by atoms with Crippen molar-refractivity contribution in [1.29, 1.82) is 0 Å². The largest absolute Gasteiger partial charge is 0.339 e. The van der Waals surface area contributed by atoms with Gasteiger partial charge in [-0.05, 0) is 37.6 Å². The second kappa shape index (κ2) is 7.72. The molecule has 7 heteroatoms. The number of piperazine rings is 1. The number of carbonyl (C=O) groups excluding carboxylic acids is 2. The molecular weight excluding hydrogens is 349 g/mol. The Kier molecular flexibility index (Phi) is 5.64. The molecule has 2 fully saturated rings. The topological polar surface area (TPSA) is 52.7 Å². The van der Waals surface area contributed by atoms with E-state index in [0.717, 1.165) is 19.4 Å². The molecule has 130 valence electrons. The molecule has 0 aliphatic carbocycles. The summed E-state index contributed by atoms with van der Waals surface area (Å²) in [5.41, 5.74) is 0.455. The number of nitrogens with zero attached hydrogens (tertiary/aromatic N) is 2. The van der Waals surface area contributed by atoms with Gasteiger partial charge in [0.25, 0.3) is 5.91 Å². The fraction of sp³-hybridized carbons (Fsp3) is 0.529. The second-order valence-electron chi connectivity index (χ2n) is 6.29. The predicted molar refractivity (Wildman–Crippen MR) is 94.6 cm³/mol. The molecule has 2 aliphatic heterocycles. The van der Waals surface area contributed by atoms with Crippen LogP contribution in [0.25, 0.3) is 0 Å². The van der Waals surface area contributed by atoms with E-state index in [0.29, 0.717) is 54.3 Å². The zero-order chi connectivity index (χ0) is 17.1. The maximum atomic E-state index is 12.6. The number of rotatable bonds is 3. The molecule has 1 aromatic rings. The Balaban J connectivity index is 1.54. The van der Waals surface area contributed by atoms with Gasteiger partial charge in [0.15, 0.2) is 0 Å². The van der Waals surface area contributed by atoms with Crippen LogP contribution < -0.4 is 5.32 Å². The molecule has 0 saturated carbocycles. The molecule has 2 amide bonds. The first kappa shape index (κ1) is 17.5. The molecule has 0 bridgehead atoms. The maximum Gasteiger partial charge on any atom is 0.255 e.